The van der Waals surface area contributed by atoms with Gasteiger partial charge in [0.1, 0.15) is 19.3 Å². The predicted octanol–water partition coefficient (Wildman–Crippen LogP) is 1.32. The first-order valence-corrected chi connectivity index (χ1v) is 4.91. The van der Waals surface area contributed by atoms with Crippen molar-refractivity contribution in [2.45, 2.75) is 31.0 Å². The molecule has 0 aromatic carbocycles. The number of halogens is 6. The number of hydrogen-bond acceptors (Lipinski definition) is 6. The van der Waals surface area contributed by atoms with Crippen LogP contribution in [0.4, 0.5) is 31.1 Å². The highest BCUT2D eigenvalue weighted by Gasteiger charge is 2.52. The second-order valence-electron chi connectivity index (χ2n) is 3.55. The highest BCUT2D eigenvalue weighted by molar-refractivity contribution is 5.61. The molecule has 118 valence electrons. The molecule has 1 aliphatic heterocycles. The molecule has 20 heavy (non-hydrogen) atoms. The Morgan fingerprint density at radius 3 is 2.40 bits per heavy atom. The second kappa shape index (κ2) is 6.01. The van der Waals surface area contributed by atoms with Gasteiger partial charge in [-0.15, -0.1) is 0 Å². The lowest BCUT2D eigenvalue weighted by molar-refractivity contribution is -0.345. The molecule has 0 amide bonds. The van der Waals surface area contributed by atoms with Crippen LogP contribution in [0.1, 0.15) is 0 Å². The molecule has 3 unspecified atom stereocenters. The molecule has 0 aromatic rings. The number of carbonyl (C=O) groups is 1. The van der Waals surface area contributed by atoms with Crippen molar-refractivity contribution in [3.05, 3.63) is 0 Å². The topological polar surface area (TPSA) is 74.2 Å². The van der Waals surface area contributed by atoms with Crippen LogP contribution in [0.5, 0.6) is 0 Å². The molecule has 1 fully saturated rings. The largest absolute Gasteiger partial charge is 0.509 e. The van der Waals surface area contributed by atoms with Crippen LogP contribution in [-0.4, -0.2) is 55.5 Å². The number of hydrogen-bond donors (Lipinski definition) is 1. The number of aliphatic hydroxyl groups excluding tert-OH is 1. The molecule has 1 rings (SSSR count). The van der Waals surface area contributed by atoms with Crippen molar-refractivity contribution in [2.75, 3.05) is 13.2 Å². The van der Waals surface area contributed by atoms with E-state index in [9.17, 15) is 31.1 Å². The molecule has 0 spiro atoms. The number of rotatable bonds is 4. The molecular weight excluding hydrogens is 306 g/mol. The molecule has 0 aromatic heterocycles. The fourth-order valence-corrected chi connectivity index (χ4v) is 1.19. The monoisotopic (exact) mass is 314 g/mol. The van der Waals surface area contributed by atoms with Crippen LogP contribution in [0.3, 0.4) is 0 Å². The molecule has 1 aliphatic rings. The summed E-state index contributed by atoms with van der Waals surface area (Å²) in [6.07, 6.45) is -16.3. The quantitative estimate of drug-likeness (QED) is 0.479. The van der Waals surface area contributed by atoms with Gasteiger partial charge in [-0.3, -0.25) is 0 Å². The van der Waals surface area contributed by atoms with Gasteiger partial charge in [0.15, 0.2) is 0 Å². The van der Waals surface area contributed by atoms with Crippen molar-refractivity contribution in [1.82, 2.24) is 0 Å². The third-order valence-corrected chi connectivity index (χ3v) is 1.93. The van der Waals surface area contributed by atoms with Gasteiger partial charge in [-0.2, -0.15) is 26.3 Å². The lowest BCUT2D eigenvalue weighted by Crippen LogP contribution is -2.52. The van der Waals surface area contributed by atoms with Gasteiger partial charge in [0.2, 0.25) is 6.10 Å². The zero-order chi connectivity index (χ0) is 15.6. The van der Waals surface area contributed by atoms with Crippen molar-refractivity contribution in [2.24, 2.45) is 0 Å². The third kappa shape index (κ3) is 5.38. The molecule has 0 saturated carbocycles. The van der Waals surface area contributed by atoms with Crippen molar-refractivity contribution >= 4 is 6.16 Å². The third-order valence-electron chi connectivity index (χ3n) is 1.93. The summed E-state index contributed by atoms with van der Waals surface area (Å²) >= 11 is 0. The van der Waals surface area contributed by atoms with E-state index < -0.39 is 50.4 Å². The SMILES string of the molecule is O=C1OCC(OC(O)OCC(F)(F)F)C(C(F)(F)F)O1. The Labute approximate surface area is 107 Å². The molecule has 6 nitrogen and oxygen atoms in total. The molecule has 1 heterocycles. The summed E-state index contributed by atoms with van der Waals surface area (Å²) in [6, 6.07) is 0. The molecule has 0 radical (unpaired) electrons. The first-order chi connectivity index (χ1) is 8.99. The van der Waals surface area contributed by atoms with E-state index in [1.807, 2.05) is 0 Å². The number of alkyl halides is 6. The van der Waals surface area contributed by atoms with Crippen molar-refractivity contribution in [1.29, 1.82) is 0 Å². The summed E-state index contributed by atoms with van der Waals surface area (Å²) < 4.78 is 88.5. The van der Waals surface area contributed by atoms with Crippen LogP contribution in [0.25, 0.3) is 0 Å². The van der Waals surface area contributed by atoms with Gasteiger partial charge in [-0.05, 0) is 0 Å². The Kier molecular flexibility index (Phi) is 5.05. The molecule has 0 aliphatic carbocycles. The number of carbonyl (C=O) groups excluding carboxylic acids is 1. The van der Waals surface area contributed by atoms with E-state index in [1.165, 1.54) is 0 Å². The highest BCUT2D eigenvalue weighted by Crippen LogP contribution is 2.30. The minimum Gasteiger partial charge on any atom is -0.431 e. The van der Waals surface area contributed by atoms with Gasteiger partial charge in [0.05, 0.1) is 0 Å². The first-order valence-electron chi connectivity index (χ1n) is 4.91. The average molecular weight is 314 g/mol. The van der Waals surface area contributed by atoms with Crippen LogP contribution >= 0.6 is 0 Å². The fourth-order valence-electron chi connectivity index (χ4n) is 1.19. The maximum absolute atomic E-state index is 12.5. The maximum Gasteiger partial charge on any atom is 0.509 e. The summed E-state index contributed by atoms with van der Waals surface area (Å²) in [6.45, 7) is -5.49. The summed E-state index contributed by atoms with van der Waals surface area (Å²) in [4.78, 5) is 10.6. The maximum atomic E-state index is 12.5. The van der Waals surface area contributed by atoms with E-state index >= 15 is 0 Å². The van der Waals surface area contributed by atoms with Crippen LogP contribution in [-0.2, 0) is 18.9 Å². The van der Waals surface area contributed by atoms with Gasteiger partial charge >= 0.3 is 18.5 Å². The number of ether oxygens (including phenoxy) is 4. The van der Waals surface area contributed by atoms with Crippen molar-refractivity contribution in [3.63, 3.8) is 0 Å². The molecule has 0 bridgehead atoms. The Balaban J connectivity index is 2.57. The minimum absolute atomic E-state index is 0.963. The molecule has 1 saturated heterocycles. The van der Waals surface area contributed by atoms with Gasteiger partial charge in [-0.1, -0.05) is 0 Å². The van der Waals surface area contributed by atoms with E-state index in [0.29, 0.717) is 0 Å². The summed E-state index contributed by atoms with van der Waals surface area (Å²) in [5, 5.41) is 8.91. The Morgan fingerprint density at radius 1 is 1.30 bits per heavy atom. The summed E-state index contributed by atoms with van der Waals surface area (Å²) in [5.41, 5.74) is 0. The van der Waals surface area contributed by atoms with Crippen LogP contribution < -0.4 is 0 Å². The molecule has 3 atom stereocenters. The van der Waals surface area contributed by atoms with E-state index in [0.717, 1.165) is 0 Å². The van der Waals surface area contributed by atoms with E-state index in [-0.39, 0.29) is 0 Å². The van der Waals surface area contributed by atoms with Crippen molar-refractivity contribution < 1.29 is 55.2 Å². The lowest BCUT2D eigenvalue weighted by Gasteiger charge is -2.32. The molecule has 1 N–H and O–H groups in total. The van der Waals surface area contributed by atoms with Gasteiger partial charge in [0, 0.05) is 0 Å². The lowest BCUT2D eigenvalue weighted by atomic mass is 10.2. The normalized spacial score (nSPS) is 25.9. The molecule has 12 heteroatoms. The zero-order valence-corrected chi connectivity index (χ0v) is 9.40. The summed E-state index contributed by atoms with van der Waals surface area (Å²) in [7, 11) is 0. The Bertz CT molecular complexity index is 341. The van der Waals surface area contributed by atoms with E-state index in [1.54, 1.807) is 0 Å². The number of cyclic esters (lactones) is 2. The Hall–Kier alpha value is -1.27. The minimum atomic E-state index is -5.05. The van der Waals surface area contributed by atoms with Crippen LogP contribution in [0, 0.1) is 0 Å². The Morgan fingerprint density at radius 2 is 1.90 bits per heavy atom. The van der Waals surface area contributed by atoms with Crippen LogP contribution in [0.2, 0.25) is 0 Å². The first kappa shape index (κ1) is 16.8. The standard InChI is InChI=1S/C8H8F6O6/c9-7(10,11)2-18-6(16)19-3-1-17-5(15)20-4(3)8(12,13)14/h3-4,6,16H,1-2H2. The zero-order valence-electron chi connectivity index (χ0n) is 9.40. The fraction of sp³-hybridized carbons (Fsp3) is 0.875. The highest BCUT2D eigenvalue weighted by atomic mass is 19.4. The van der Waals surface area contributed by atoms with Crippen molar-refractivity contribution in [3.8, 4) is 0 Å². The van der Waals surface area contributed by atoms with E-state index in [2.05, 4.69) is 18.9 Å². The second-order valence-corrected chi connectivity index (χ2v) is 3.55. The van der Waals surface area contributed by atoms with Crippen LogP contribution in [0.15, 0.2) is 0 Å². The predicted molar refractivity (Wildman–Crippen MR) is 45.2 cm³/mol. The van der Waals surface area contributed by atoms with Gasteiger partial charge < -0.3 is 24.1 Å². The van der Waals surface area contributed by atoms with E-state index in [4.69, 9.17) is 5.11 Å². The number of aliphatic hydroxyl groups is 1. The van der Waals surface area contributed by atoms with Gasteiger partial charge in [-0.25, -0.2) is 4.79 Å². The average Bonchev–Trinajstić information content (AvgIpc) is 2.26. The summed E-state index contributed by atoms with van der Waals surface area (Å²) in [5.74, 6) is 0. The smallest absolute Gasteiger partial charge is 0.431 e. The molecular formula is C8H8F6O6. The van der Waals surface area contributed by atoms with Gasteiger partial charge in [0.25, 0.3) is 6.48 Å².